The van der Waals surface area contributed by atoms with Gasteiger partial charge in [-0.3, -0.25) is 14.9 Å². The number of rotatable bonds is 6. The van der Waals surface area contributed by atoms with Crippen LogP contribution in [0.15, 0.2) is 55.1 Å². The molecule has 1 amide bonds. The normalized spacial score (nSPS) is 10.5. The van der Waals surface area contributed by atoms with Gasteiger partial charge in [0.1, 0.15) is 18.2 Å². The minimum Gasteiger partial charge on any atom is -0.348 e. The Morgan fingerprint density at radius 3 is 2.58 bits per heavy atom. The fraction of sp³-hybridized carbons (Fsp3) is 0.118. The Bertz CT molecular complexity index is 926. The van der Waals surface area contributed by atoms with Crippen LogP contribution >= 0.6 is 11.6 Å². The van der Waals surface area contributed by atoms with E-state index in [9.17, 15) is 14.9 Å². The van der Waals surface area contributed by atoms with Crippen LogP contribution in [0.1, 0.15) is 21.5 Å². The van der Waals surface area contributed by atoms with Crippen LogP contribution in [0.3, 0.4) is 0 Å². The van der Waals surface area contributed by atoms with E-state index in [0.717, 1.165) is 17.2 Å². The number of nitrogens with one attached hydrogen (secondary N) is 1. The summed E-state index contributed by atoms with van der Waals surface area (Å²) < 4.78 is 1.70. The van der Waals surface area contributed by atoms with Gasteiger partial charge in [-0.2, -0.15) is 5.10 Å². The van der Waals surface area contributed by atoms with Gasteiger partial charge in [0.05, 0.1) is 11.5 Å². The number of nitro groups is 1. The highest BCUT2D eigenvalue weighted by molar-refractivity contribution is 6.31. The Hall–Kier alpha value is -3.26. The molecule has 0 atom stereocenters. The van der Waals surface area contributed by atoms with E-state index < -0.39 is 10.8 Å². The zero-order chi connectivity index (χ0) is 18.5. The van der Waals surface area contributed by atoms with Crippen molar-refractivity contribution in [1.82, 2.24) is 20.1 Å². The molecule has 1 heterocycles. The second kappa shape index (κ2) is 7.75. The van der Waals surface area contributed by atoms with Gasteiger partial charge in [0.25, 0.3) is 11.6 Å². The summed E-state index contributed by atoms with van der Waals surface area (Å²) in [7, 11) is 0. The molecular weight excluding hydrogens is 358 g/mol. The first-order valence-electron chi connectivity index (χ1n) is 7.65. The number of nitrogens with zero attached hydrogens (tertiary/aromatic N) is 4. The summed E-state index contributed by atoms with van der Waals surface area (Å²) >= 11 is 5.76. The van der Waals surface area contributed by atoms with Gasteiger partial charge in [0.15, 0.2) is 0 Å². The van der Waals surface area contributed by atoms with Gasteiger partial charge in [0.2, 0.25) is 0 Å². The first-order chi connectivity index (χ1) is 12.5. The predicted octanol–water partition coefficient (Wildman–Crippen LogP) is 2.82. The third kappa shape index (κ3) is 4.22. The maximum atomic E-state index is 12.3. The van der Waals surface area contributed by atoms with Crippen LogP contribution < -0.4 is 5.32 Å². The number of nitro benzene ring substituents is 1. The summed E-state index contributed by atoms with van der Waals surface area (Å²) in [6.45, 7) is 0.853. The Labute approximate surface area is 153 Å². The van der Waals surface area contributed by atoms with Crippen LogP contribution in [0.5, 0.6) is 0 Å². The first kappa shape index (κ1) is 17.6. The van der Waals surface area contributed by atoms with Crippen molar-refractivity contribution >= 4 is 23.2 Å². The van der Waals surface area contributed by atoms with Gasteiger partial charge in [-0.25, -0.2) is 9.67 Å². The lowest BCUT2D eigenvalue weighted by molar-refractivity contribution is -0.385. The molecule has 0 radical (unpaired) electrons. The van der Waals surface area contributed by atoms with Crippen molar-refractivity contribution in [3.8, 4) is 0 Å². The molecule has 0 saturated carbocycles. The Balaban J connectivity index is 1.64. The lowest BCUT2D eigenvalue weighted by Crippen LogP contribution is -2.23. The monoisotopic (exact) mass is 371 g/mol. The molecule has 132 valence electrons. The SMILES string of the molecule is O=C(NCc1ccc(Cn2cncn2)cc1)c1ccc(Cl)cc1[N+](=O)[O-]. The van der Waals surface area contributed by atoms with Crippen molar-refractivity contribution in [2.24, 2.45) is 0 Å². The molecule has 0 unspecified atom stereocenters. The zero-order valence-electron chi connectivity index (χ0n) is 13.5. The van der Waals surface area contributed by atoms with Gasteiger partial charge >= 0.3 is 0 Å². The molecule has 3 rings (SSSR count). The average Bonchev–Trinajstić information content (AvgIpc) is 3.13. The molecule has 0 saturated heterocycles. The topological polar surface area (TPSA) is 103 Å². The van der Waals surface area contributed by atoms with Crippen molar-refractivity contribution in [3.05, 3.63) is 86.9 Å². The highest BCUT2D eigenvalue weighted by Crippen LogP contribution is 2.23. The number of halogens is 1. The third-order valence-electron chi connectivity index (χ3n) is 3.69. The summed E-state index contributed by atoms with van der Waals surface area (Å²) in [5.41, 5.74) is 1.57. The number of amides is 1. The Morgan fingerprint density at radius 2 is 1.92 bits per heavy atom. The molecule has 0 aliphatic carbocycles. The molecule has 9 heteroatoms. The van der Waals surface area contributed by atoms with Crippen molar-refractivity contribution < 1.29 is 9.72 Å². The highest BCUT2D eigenvalue weighted by Gasteiger charge is 2.20. The molecule has 2 aromatic carbocycles. The molecule has 3 aromatic rings. The number of aromatic nitrogens is 3. The van der Waals surface area contributed by atoms with Crippen LogP contribution in [0.25, 0.3) is 0 Å². The molecule has 26 heavy (non-hydrogen) atoms. The van der Waals surface area contributed by atoms with E-state index in [1.165, 1.54) is 18.5 Å². The van der Waals surface area contributed by atoms with E-state index in [1.54, 1.807) is 11.0 Å². The van der Waals surface area contributed by atoms with Gasteiger partial charge in [-0.05, 0) is 23.3 Å². The molecular formula is C17H14ClN5O3. The van der Waals surface area contributed by atoms with Crippen LogP contribution in [-0.2, 0) is 13.1 Å². The lowest BCUT2D eigenvalue weighted by atomic mass is 10.1. The van der Waals surface area contributed by atoms with Gasteiger partial charge < -0.3 is 5.32 Å². The fourth-order valence-corrected chi connectivity index (χ4v) is 2.56. The Morgan fingerprint density at radius 1 is 1.19 bits per heavy atom. The van der Waals surface area contributed by atoms with Gasteiger partial charge in [0, 0.05) is 17.6 Å². The van der Waals surface area contributed by atoms with Gasteiger partial charge in [-0.1, -0.05) is 35.9 Å². The van der Waals surface area contributed by atoms with Crippen LogP contribution in [0.2, 0.25) is 5.02 Å². The minimum atomic E-state index is -0.625. The second-order valence-corrected chi connectivity index (χ2v) is 5.95. The maximum Gasteiger partial charge on any atom is 0.283 e. The molecule has 0 aliphatic rings. The van der Waals surface area contributed by atoms with Crippen molar-refractivity contribution in [2.75, 3.05) is 0 Å². The average molecular weight is 372 g/mol. The molecule has 0 fully saturated rings. The van der Waals surface area contributed by atoms with Crippen LogP contribution in [0, 0.1) is 10.1 Å². The zero-order valence-corrected chi connectivity index (χ0v) is 14.3. The largest absolute Gasteiger partial charge is 0.348 e. The number of carbonyl (C=O) groups is 1. The standard InChI is InChI=1S/C17H14ClN5O3/c18-14-5-6-15(16(7-14)23(25)26)17(24)20-8-12-1-3-13(4-2-12)9-22-11-19-10-21-22/h1-7,10-11H,8-9H2,(H,20,24). The predicted molar refractivity (Wildman–Crippen MR) is 94.8 cm³/mol. The van der Waals surface area contributed by atoms with E-state index in [1.807, 2.05) is 24.3 Å². The number of benzene rings is 2. The Kier molecular flexibility index (Phi) is 5.23. The van der Waals surface area contributed by atoms with E-state index in [4.69, 9.17) is 11.6 Å². The summed E-state index contributed by atoms with van der Waals surface area (Å²) in [4.78, 5) is 26.6. The highest BCUT2D eigenvalue weighted by atomic mass is 35.5. The molecule has 1 N–H and O–H groups in total. The molecule has 1 aromatic heterocycles. The van der Waals surface area contributed by atoms with Crippen molar-refractivity contribution in [2.45, 2.75) is 13.1 Å². The minimum absolute atomic E-state index is 0.0257. The maximum absolute atomic E-state index is 12.3. The van der Waals surface area contributed by atoms with Gasteiger partial charge in [-0.15, -0.1) is 0 Å². The number of hydrogen-bond donors (Lipinski definition) is 1. The van der Waals surface area contributed by atoms with Crippen LogP contribution in [0.4, 0.5) is 5.69 Å². The molecule has 8 nitrogen and oxygen atoms in total. The smallest absolute Gasteiger partial charge is 0.283 e. The van der Waals surface area contributed by atoms with Crippen molar-refractivity contribution in [3.63, 3.8) is 0 Å². The lowest BCUT2D eigenvalue weighted by Gasteiger charge is -2.07. The van der Waals surface area contributed by atoms with E-state index >= 15 is 0 Å². The van der Waals surface area contributed by atoms with E-state index in [2.05, 4.69) is 15.4 Å². The molecule has 0 aliphatic heterocycles. The third-order valence-corrected chi connectivity index (χ3v) is 3.92. The molecule has 0 spiro atoms. The van der Waals surface area contributed by atoms with E-state index in [-0.39, 0.29) is 22.8 Å². The number of carbonyl (C=O) groups excluding carboxylic acids is 1. The van der Waals surface area contributed by atoms with Crippen molar-refractivity contribution in [1.29, 1.82) is 0 Å². The summed E-state index contributed by atoms with van der Waals surface area (Å²) in [5, 5.41) is 18.0. The number of hydrogen-bond acceptors (Lipinski definition) is 5. The second-order valence-electron chi connectivity index (χ2n) is 5.51. The summed E-state index contributed by atoms with van der Waals surface area (Å²) in [5.74, 6) is -0.528. The molecule has 0 bridgehead atoms. The fourth-order valence-electron chi connectivity index (χ4n) is 2.39. The quantitative estimate of drug-likeness (QED) is 0.530. The first-order valence-corrected chi connectivity index (χ1v) is 8.03. The van der Waals surface area contributed by atoms with E-state index in [0.29, 0.717) is 6.54 Å². The summed E-state index contributed by atoms with van der Waals surface area (Å²) in [6.07, 6.45) is 3.10. The van der Waals surface area contributed by atoms with Crippen LogP contribution in [-0.4, -0.2) is 25.6 Å². The summed E-state index contributed by atoms with van der Waals surface area (Å²) in [6, 6.07) is 11.6.